The fourth-order valence-electron chi connectivity index (χ4n) is 3.92. The number of amides is 2. The monoisotopic (exact) mass is 441 g/mol. The minimum Gasteiger partial charge on any atom is -0.395 e. The molecule has 162 valence electrons. The van der Waals surface area contributed by atoms with E-state index in [1.165, 1.54) is 11.3 Å². The van der Waals surface area contributed by atoms with Gasteiger partial charge in [0.05, 0.1) is 24.6 Å². The molecule has 5 rings (SSSR count). The van der Waals surface area contributed by atoms with Gasteiger partial charge in [0, 0.05) is 35.3 Å². The van der Waals surface area contributed by atoms with E-state index in [0.29, 0.717) is 36.2 Å². The molecule has 1 aromatic carbocycles. The molecule has 1 saturated carbocycles. The van der Waals surface area contributed by atoms with Crippen molar-refractivity contribution in [3.63, 3.8) is 0 Å². The first-order valence-electron chi connectivity index (χ1n) is 10.4. The van der Waals surface area contributed by atoms with Crippen LogP contribution < -0.4 is 5.32 Å². The highest BCUT2D eigenvalue weighted by Gasteiger charge is 2.34. The molecule has 0 spiro atoms. The summed E-state index contributed by atoms with van der Waals surface area (Å²) < 4.78 is 12.4. The van der Waals surface area contributed by atoms with Crippen molar-refractivity contribution in [3.8, 4) is 0 Å². The van der Waals surface area contributed by atoms with Gasteiger partial charge < -0.3 is 24.6 Å². The predicted molar refractivity (Wildman–Crippen MR) is 114 cm³/mol. The van der Waals surface area contributed by atoms with Crippen molar-refractivity contribution in [3.05, 3.63) is 52.2 Å². The van der Waals surface area contributed by atoms with Crippen LogP contribution in [0.4, 0.5) is 0 Å². The number of morpholine rings is 1. The van der Waals surface area contributed by atoms with Crippen LogP contribution in [-0.2, 0) is 4.74 Å². The van der Waals surface area contributed by atoms with Crippen molar-refractivity contribution in [1.29, 1.82) is 0 Å². The van der Waals surface area contributed by atoms with Gasteiger partial charge in [0.15, 0.2) is 5.69 Å². The zero-order chi connectivity index (χ0) is 21.4. The lowest BCUT2D eigenvalue weighted by atomic mass is 10.0. The lowest BCUT2D eigenvalue weighted by molar-refractivity contribution is -0.0225. The van der Waals surface area contributed by atoms with E-state index in [1.807, 2.05) is 24.3 Å². The minimum absolute atomic E-state index is 0.130. The van der Waals surface area contributed by atoms with Gasteiger partial charge in [-0.15, -0.1) is 11.3 Å². The molecule has 9 heteroatoms. The number of carbonyl (C=O) groups is 2. The Morgan fingerprint density at radius 2 is 2.13 bits per heavy atom. The largest absolute Gasteiger partial charge is 0.395 e. The summed E-state index contributed by atoms with van der Waals surface area (Å²) in [6, 6.07) is 9.53. The van der Waals surface area contributed by atoms with Crippen LogP contribution in [-0.4, -0.2) is 59.8 Å². The van der Waals surface area contributed by atoms with Gasteiger partial charge in [-0.1, -0.05) is 23.4 Å². The molecule has 0 radical (unpaired) electrons. The number of rotatable bonds is 6. The van der Waals surface area contributed by atoms with Crippen LogP contribution in [0.2, 0.25) is 0 Å². The van der Waals surface area contributed by atoms with E-state index in [-0.39, 0.29) is 25.0 Å². The summed E-state index contributed by atoms with van der Waals surface area (Å²) in [6.07, 6.45) is 1.72. The van der Waals surface area contributed by atoms with Crippen LogP contribution in [0.5, 0.6) is 0 Å². The predicted octanol–water partition coefficient (Wildman–Crippen LogP) is 2.70. The Hall–Kier alpha value is -2.75. The van der Waals surface area contributed by atoms with E-state index in [4.69, 9.17) is 14.4 Å². The van der Waals surface area contributed by atoms with Crippen molar-refractivity contribution in [2.45, 2.75) is 24.9 Å². The summed E-state index contributed by atoms with van der Waals surface area (Å²) in [7, 11) is 0. The molecule has 31 heavy (non-hydrogen) atoms. The SMILES string of the molecule is O=C(NCCO)c1sc2ccccc2c1C1CN(C(=O)c2cc(C3CC3)on2)CCO1. The summed E-state index contributed by atoms with van der Waals surface area (Å²) in [5.74, 6) is 0.737. The summed E-state index contributed by atoms with van der Waals surface area (Å²) in [5.41, 5.74) is 1.10. The van der Waals surface area contributed by atoms with Gasteiger partial charge in [-0.3, -0.25) is 9.59 Å². The number of fused-ring (bicyclic) bond motifs is 1. The number of carbonyl (C=O) groups excluding carboxylic acids is 2. The standard InChI is InChI=1S/C22H23N3O5S/c26-9-7-23-21(27)20-19(14-3-1-2-4-18(14)31-20)17-12-25(8-10-29-17)22(28)15-11-16(30-24-15)13-5-6-13/h1-4,11,13,17,26H,5-10,12H2,(H,23,27). The average Bonchev–Trinajstić information content (AvgIpc) is 3.40. The second-order valence-electron chi connectivity index (χ2n) is 7.82. The molecule has 3 heterocycles. The number of hydrogen-bond donors (Lipinski definition) is 2. The van der Waals surface area contributed by atoms with Crippen molar-refractivity contribution >= 4 is 33.2 Å². The van der Waals surface area contributed by atoms with Crippen LogP contribution in [0, 0.1) is 0 Å². The van der Waals surface area contributed by atoms with Gasteiger partial charge in [-0.25, -0.2) is 0 Å². The van der Waals surface area contributed by atoms with Crippen LogP contribution >= 0.6 is 11.3 Å². The van der Waals surface area contributed by atoms with Gasteiger partial charge in [0.2, 0.25) is 0 Å². The van der Waals surface area contributed by atoms with Gasteiger partial charge >= 0.3 is 0 Å². The third-order valence-corrected chi connectivity index (χ3v) is 6.83. The number of thiophene rings is 1. The fraction of sp³-hybridized carbons (Fsp3) is 0.409. The second-order valence-corrected chi connectivity index (χ2v) is 8.87. The van der Waals surface area contributed by atoms with E-state index in [0.717, 1.165) is 34.3 Å². The number of aromatic nitrogens is 1. The molecule has 2 N–H and O–H groups in total. The highest BCUT2D eigenvalue weighted by Crippen LogP contribution is 2.41. The molecule has 0 bridgehead atoms. The molecule has 2 aliphatic rings. The summed E-state index contributed by atoms with van der Waals surface area (Å²) >= 11 is 1.39. The molecular formula is C22H23N3O5S. The van der Waals surface area contributed by atoms with Crippen LogP contribution in [0.1, 0.15) is 56.3 Å². The van der Waals surface area contributed by atoms with Gasteiger partial charge in [-0.05, 0) is 24.3 Å². The molecule has 2 fully saturated rings. The lowest BCUT2D eigenvalue weighted by Crippen LogP contribution is -2.42. The fourth-order valence-corrected chi connectivity index (χ4v) is 5.09. The second kappa shape index (κ2) is 8.41. The minimum atomic E-state index is -0.432. The summed E-state index contributed by atoms with van der Waals surface area (Å²) in [4.78, 5) is 28.1. The van der Waals surface area contributed by atoms with Crippen molar-refractivity contribution in [2.75, 3.05) is 32.8 Å². The third-order valence-electron chi connectivity index (χ3n) is 5.64. The zero-order valence-corrected chi connectivity index (χ0v) is 17.7. The smallest absolute Gasteiger partial charge is 0.276 e. The van der Waals surface area contributed by atoms with Crippen LogP contribution in [0.3, 0.4) is 0 Å². The Labute approximate surface area is 182 Å². The normalized spacial score (nSPS) is 19.0. The van der Waals surface area contributed by atoms with E-state index in [9.17, 15) is 9.59 Å². The topological polar surface area (TPSA) is 105 Å². The Balaban J connectivity index is 1.42. The molecule has 8 nitrogen and oxygen atoms in total. The van der Waals surface area contributed by atoms with Crippen molar-refractivity contribution < 1.29 is 24.0 Å². The maximum Gasteiger partial charge on any atom is 0.276 e. The molecular weight excluding hydrogens is 418 g/mol. The summed E-state index contributed by atoms with van der Waals surface area (Å²) in [6.45, 7) is 1.19. The van der Waals surface area contributed by atoms with Crippen molar-refractivity contribution in [2.24, 2.45) is 0 Å². The highest BCUT2D eigenvalue weighted by molar-refractivity contribution is 7.21. The average molecular weight is 442 g/mol. The van der Waals surface area contributed by atoms with E-state index in [2.05, 4.69) is 10.5 Å². The van der Waals surface area contributed by atoms with Gasteiger partial charge in [0.25, 0.3) is 11.8 Å². The Kier molecular flexibility index (Phi) is 5.47. The van der Waals surface area contributed by atoms with Crippen LogP contribution in [0.15, 0.2) is 34.9 Å². The maximum atomic E-state index is 13.0. The molecule has 1 unspecified atom stereocenters. The highest BCUT2D eigenvalue weighted by atomic mass is 32.1. The number of aliphatic hydroxyl groups is 1. The zero-order valence-electron chi connectivity index (χ0n) is 16.9. The van der Waals surface area contributed by atoms with E-state index < -0.39 is 6.10 Å². The first kappa shape index (κ1) is 20.2. The first-order valence-corrected chi connectivity index (χ1v) is 11.3. The van der Waals surface area contributed by atoms with E-state index >= 15 is 0 Å². The molecule has 2 aromatic heterocycles. The lowest BCUT2D eigenvalue weighted by Gasteiger charge is -2.33. The Morgan fingerprint density at radius 3 is 2.94 bits per heavy atom. The number of ether oxygens (including phenoxy) is 1. The summed E-state index contributed by atoms with van der Waals surface area (Å²) in [5, 5.41) is 16.7. The number of nitrogens with one attached hydrogen (secondary N) is 1. The number of benzene rings is 1. The number of aliphatic hydroxyl groups excluding tert-OH is 1. The Morgan fingerprint density at radius 1 is 1.29 bits per heavy atom. The van der Waals surface area contributed by atoms with Crippen LogP contribution in [0.25, 0.3) is 10.1 Å². The molecule has 1 aliphatic heterocycles. The third kappa shape index (κ3) is 3.96. The first-order chi connectivity index (χ1) is 15.2. The molecule has 2 amide bonds. The molecule has 1 saturated heterocycles. The van der Waals surface area contributed by atoms with Crippen molar-refractivity contribution in [1.82, 2.24) is 15.4 Å². The number of hydrogen-bond acceptors (Lipinski definition) is 7. The molecule has 3 aromatic rings. The molecule has 1 atom stereocenters. The van der Waals surface area contributed by atoms with Gasteiger partial charge in [0.1, 0.15) is 11.9 Å². The quantitative estimate of drug-likeness (QED) is 0.609. The number of nitrogens with zero attached hydrogens (tertiary/aromatic N) is 2. The van der Waals surface area contributed by atoms with E-state index in [1.54, 1.807) is 11.0 Å². The maximum absolute atomic E-state index is 13.0. The molecule has 1 aliphatic carbocycles. The van der Waals surface area contributed by atoms with Gasteiger partial charge in [-0.2, -0.15) is 0 Å². The Bertz CT molecular complexity index is 1120.